The zero-order valence-corrected chi connectivity index (χ0v) is 22.0. The first-order valence-corrected chi connectivity index (χ1v) is 13.4. The molecule has 0 atom stereocenters. The smallest absolute Gasteiger partial charge is 0.253 e. The van der Waals surface area contributed by atoms with Crippen LogP contribution in [0.5, 0.6) is 0 Å². The molecular weight excluding hydrogens is 525 g/mol. The molecule has 2 saturated heterocycles. The number of rotatable bonds is 5. The highest BCUT2D eigenvalue weighted by atomic mass is 19.1. The lowest BCUT2D eigenvalue weighted by Gasteiger charge is -2.43. The van der Waals surface area contributed by atoms with Crippen molar-refractivity contribution in [3.05, 3.63) is 96.3 Å². The first kappa shape index (κ1) is 24.9. The molecule has 2 aliphatic rings. The Morgan fingerprint density at radius 3 is 2.59 bits per heavy atom. The first-order chi connectivity index (χ1) is 20.0. The van der Waals surface area contributed by atoms with E-state index in [2.05, 4.69) is 25.2 Å². The van der Waals surface area contributed by atoms with Crippen molar-refractivity contribution >= 4 is 28.4 Å². The number of aromatic amines is 1. The number of carbonyl (C=O) groups excluding carboxylic acids is 2. The van der Waals surface area contributed by atoms with E-state index in [0.717, 1.165) is 16.6 Å². The van der Waals surface area contributed by atoms with E-state index in [9.17, 15) is 14.0 Å². The molecule has 2 fully saturated rings. The van der Waals surface area contributed by atoms with E-state index in [1.54, 1.807) is 29.3 Å². The number of benzene rings is 3. The third kappa shape index (κ3) is 4.39. The van der Waals surface area contributed by atoms with Crippen molar-refractivity contribution in [2.45, 2.75) is 24.9 Å². The van der Waals surface area contributed by atoms with Crippen LogP contribution in [0, 0.1) is 5.82 Å². The van der Waals surface area contributed by atoms with Crippen LogP contribution in [0.2, 0.25) is 0 Å². The second-order valence-corrected chi connectivity index (χ2v) is 10.4. The third-order valence-corrected chi connectivity index (χ3v) is 8.04. The van der Waals surface area contributed by atoms with Crippen LogP contribution in [0.25, 0.3) is 22.3 Å². The number of para-hydroxylation sites is 1. The van der Waals surface area contributed by atoms with Gasteiger partial charge < -0.3 is 19.2 Å². The molecule has 2 amide bonds. The van der Waals surface area contributed by atoms with Crippen LogP contribution < -0.4 is 4.90 Å². The summed E-state index contributed by atoms with van der Waals surface area (Å²) in [6, 6.07) is 21.2. The number of nitrogens with one attached hydrogen (secondary N) is 1. The zero-order chi connectivity index (χ0) is 28.0. The average Bonchev–Trinajstić information content (AvgIpc) is 3.74. The van der Waals surface area contributed by atoms with E-state index in [1.807, 2.05) is 47.4 Å². The topological polar surface area (TPSA) is 111 Å². The molecule has 41 heavy (non-hydrogen) atoms. The normalized spacial score (nSPS) is 16.7. The Hall–Kier alpha value is -5.06. The maximum absolute atomic E-state index is 14.1. The van der Waals surface area contributed by atoms with Crippen LogP contribution >= 0.6 is 0 Å². The number of anilines is 1. The number of amides is 2. The average molecular weight is 552 g/mol. The molecule has 4 heterocycles. The largest absolute Gasteiger partial charge is 0.339 e. The van der Waals surface area contributed by atoms with Gasteiger partial charge in [-0.25, -0.2) is 4.39 Å². The molecular formula is C30H26FN7O3. The first-order valence-electron chi connectivity index (χ1n) is 13.4. The minimum Gasteiger partial charge on any atom is -0.339 e. The molecule has 7 rings (SSSR count). The summed E-state index contributed by atoms with van der Waals surface area (Å²) in [5, 5.41) is 11.9. The van der Waals surface area contributed by atoms with Crippen molar-refractivity contribution < 1.29 is 18.5 Å². The van der Waals surface area contributed by atoms with Gasteiger partial charge in [0.15, 0.2) is 0 Å². The molecule has 2 aliphatic heterocycles. The van der Waals surface area contributed by atoms with E-state index in [1.165, 1.54) is 12.1 Å². The minimum atomic E-state index is -0.799. The standard InChI is InChI=1S/C30H26FN7O3/c31-23-9-6-20(7-10-23)27-33-26(41-35-27)18-37-19-38(24-4-2-1-3-5-24)30(29(37)40)12-14-36(15-13-30)28(39)21-8-11-25-22(16-21)17-32-34-25/h1-11,16-17H,12-15,18-19H2,(H,32,34). The molecule has 3 aromatic carbocycles. The fourth-order valence-electron chi connectivity index (χ4n) is 5.86. The van der Waals surface area contributed by atoms with Gasteiger partial charge in [-0.2, -0.15) is 10.1 Å². The van der Waals surface area contributed by atoms with Crippen molar-refractivity contribution in [2.24, 2.45) is 0 Å². The molecule has 1 N–H and O–H groups in total. The van der Waals surface area contributed by atoms with Crippen LogP contribution in [0.4, 0.5) is 10.1 Å². The lowest BCUT2D eigenvalue weighted by Crippen LogP contribution is -2.57. The van der Waals surface area contributed by atoms with Crippen LogP contribution in [0.1, 0.15) is 29.1 Å². The van der Waals surface area contributed by atoms with Gasteiger partial charge in [0.1, 0.15) is 17.9 Å². The molecule has 0 aliphatic carbocycles. The fraction of sp³-hybridized carbons (Fsp3) is 0.233. The second-order valence-electron chi connectivity index (χ2n) is 10.4. The lowest BCUT2D eigenvalue weighted by atomic mass is 9.85. The van der Waals surface area contributed by atoms with Gasteiger partial charge in [0.2, 0.25) is 11.7 Å². The van der Waals surface area contributed by atoms with Crippen LogP contribution in [-0.2, 0) is 11.3 Å². The minimum absolute atomic E-state index is 0.0326. The summed E-state index contributed by atoms with van der Waals surface area (Å²) in [7, 11) is 0. The molecule has 2 aromatic heterocycles. The number of piperidine rings is 1. The molecule has 5 aromatic rings. The summed E-state index contributed by atoms with van der Waals surface area (Å²) in [6.07, 6.45) is 2.68. The molecule has 1 spiro atoms. The highest BCUT2D eigenvalue weighted by molar-refractivity contribution is 5.99. The summed E-state index contributed by atoms with van der Waals surface area (Å²) >= 11 is 0. The maximum Gasteiger partial charge on any atom is 0.253 e. The molecule has 0 unspecified atom stereocenters. The van der Waals surface area contributed by atoms with Gasteiger partial charge in [0.25, 0.3) is 11.8 Å². The van der Waals surface area contributed by atoms with E-state index < -0.39 is 5.54 Å². The van der Waals surface area contributed by atoms with Crippen LogP contribution in [0.3, 0.4) is 0 Å². The Balaban J connectivity index is 1.12. The Morgan fingerprint density at radius 1 is 1.02 bits per heavy atom. The molecule has 11 heteroatoms. The van der Waals surface area contributed by atoms with Crippen LogP contribution in [0.15, 0.2) is 83.5 Å². The summed E-state index contributed by atoms with van der Waals surface area (Å²) in [5.41, 5.74) is 2.24. The summed E-state index contributed by atoms with van der Waals surface area (Å²) < 4.78 is 18.8. The van der Waals surface area contributed by atoms with Crippen LogP contribution in [-0.4, -0.2) is 67.2 Å². The van der Waals surface area contributed by atoms with Gasteiger partial charge in [-0.15, -0.1) is 0 Å². The van der Waals surface area contributed by atoms with Gasteiger partial charge in [-0.3, -0.25) is 14.7 Å². The number of likely N-dealkylation sites (tertiary alicyclic amines) is 1. The number of halogens is 1. The quantitative estimate of drug-likeness (QED) is 0.348. The van der Waals surface area contributed by atoms with E-state index in [4.69, 9.17) is 4.52 Å². The summed E-state index contributed by atoms with van der Waals surface area (Å²) in [4.78, 5) is 37.6. The van der Waals surface area contributed by atoms with Gasteiger partial charge in [-0.1, -0.05) is 23.4 Å². The monoisotopic (exact) mass is 551 g/mol. The van der Waals surface area contributed by atoms with Crippen molar-refractivity contribution in [2.75, 3.05) is 24.7 Å². The molecule has 0 saturated carbocycles. The van der Waals surface area contributed by atoms with Crippen molar-refractivity contribution in [3.8, 4) is 11.4 Å². The Morgan fingerprint density at radius 2 is 1.80 bits per heavy atom. The molecule has 0 bridgehead atoms. The second kappa shape index (κ2) is 9.84. The predicted octanol–water partition coefficient (Wildman–Crippen LogP) is 4.23. The summed E-state index contributed by atoms with van der Waals surface area (Å²) in [6.45, 7) is 1.38. The van der Waals surface area contributed by atoms with Gasteiger partial charge in [-0.05, 0) is 67.4 Å². The maximum atomic E-state index is 14.1. The van der Waals surface area contributed by atoms with Gasteiger partial charge in [0, 0.05) is 35.3 Å². The van der Waals surface area contributed by atoms with Crippen molar-refractivity contribution in [1.82, 2.24) is 30.1 Å². The lowest BCUT2D eigenvalue weighted by molar-refractivity contribution is -0.134. The predicted molar refractivity (Wildman–Crippen MR) is 148 cm³/mol. The number of H-pyrrole nitrogens is 1. The highest BCUT2D eigenvalue weighted by Gasteiger charge is 2.54. The number of nitrogens with zero attached hydrogens (tertiary/aromatic N) is 6. The molecule has 0 radical (unpaired) electrons. The van der Waals surface area contributed by atoms with E-state index in [0.29, 0.717) is 55.4 Å². The third-order valence-electron chi connectivity index (χ3n) is 8.04. The number of aromatic nitrogens is 4. The SMILES string of the molecule is O=C(c1ccc2[nH]ncc2c1)N1CCC2(CC1)C(=O)N(Cc1nc(-c3ccc(F)cc3)no1)CN2c1ccccc1. The van der Waals surface area contributed by atoms with Crippen molar-refractivity contribution in [3.63, 3.8) is 0 Å². The van der Waals surface area contributed by atoms with Gasteiger partial charge in [0.05, 0.1) is 18.4 Å². The summed E-state index contributed by atoms with van der Waals surface area (Å²) in [5.74, 6) is 0.190. The Labute approximate surface area is 234 Å². The fourth-order valence-corrected chi connectivity index (χ4v) is 5.86. The van der Waals surface area contributed by atoms with Gasteiger partial charge >= 0.3 is 0 Å². The van der Waals surface area contributed by atoms with E-state index >= 15 is 0 Å². The Kier molecular flexibility index (Phi) is 5.99. The number of hydrogen-bond acceptors (Lipinski definition) is 7. The van der Waals surface area contributed by atoms with Crippen molar-refractivity contribution in [1.29, 1.82) is 0 Å². The number of fused-ring (bicyclic) bond motifs is 1. The number of carbonyl (C=O) groups is 2. The van der Waals surface area contributed by atoms with E-state index in [-0.39, 0.29) is 24.2 Å². The molecule has 206 valence electrons. The zero-order valence-electron chi connectivity index (χ0n) is 22.0. The Bertz CT molecular complexity index is 1730. The molecule has 10 nitrogen and oxygen atoms in total. The highest BCUT2D eigenvalue weighted by Crippen LogP contribution is 2.40. The number of hydrogen-bond donors (Lipinski definition) is 1.